The van der Waals surface area contributed by atoms with Gasteiger partial charge in [-0.3, -0.25) is 19.0 Å². The van der Waals surface area contributed by atoms with Gasteiger partial charge >= 0.3 is 10.8 Å². The zero-order valence-electron chi connectivity index (χ0n) is 11.7. The Balaban J connectivity index is 1.70. The van der Waals surface area contributed by atoms with Crippen LogP contribution in [-0.4, -0.2) is 27.6 Å². The molecule has 0 saturated heterocycles. The normalized spacial score (nSPS) is 30.5. The Kier molecular flexibility index (Phi) is 3.61. The first kappa shape index (κ1) is 14.3. The molecule has 0 radical (unpaired) electrons. The van der Waals surface area contributed by atoms with Gasteiger partial charge < -0.3 is 10.4 Å². The van der Waals surface area contributed by atoms with Gasteiger partial charge in [-0.25, -0.2) is 0 Å². The van der Waals surface area contributed by atoms with Crippen LogP contribution in [0.25, 0.3) is 0 Å². The molecule has 6 nitrogen and oxygen atoms in total. The summed E-state index contributed by atoms with van der Waals surface area (Å²) < 4.78 is 1.42. The number of rotatable bonds is 4. The molecular formula is C14H18N2O4S. The minimum Gasteiger partial charge on any atom is -0.481 e. The van der Waals surface area contributed by atoms with E-state index in [0.717, 1.165) is 36.3 Å². The molecular weight excluding hydrogens is 292 g/mol. The number of thiazole rings is 1. The molecule has 7 heteroatoms. The van der Waals surface area contributed by atoms with Crippen molar-refractivity contribution >= 4 is 23.2 Å². The first-order chi connectivity index (χ1) is 9.97. The standard InChI is InChI=1S/C14H18N2O4S/c1-7-6-21-14(20)16(7)5-10(17)15-12-9-3-2-8(4-9)11(12)13(18)19/h6,8-9,11-12H,2-5H2,1H3,(H,15,17)(H,18,19). The number of nitrogens with one attached hydrogen (secondary N) is 1. The average Bonchev–Trinajstić information content (AvgIpc) is 3.09. The van der Waals surface area contributed by atoms with E-state index in [1.165, 1.54) is 4.57 Å². The summed E-state index contributed by atoms with van der Waals surface area (Å²) in [6.07, 6.45) is 2.81. The molecule has 2 bridgehead atoms. The van der Waals surface area contributed by atoms with E-state index in [9.17, 15) is 19.5 Å². The molecule has 2 aliphatic carbocycles. The van der Waals surface area contributed by atoms with Crippen LogP contribution < -0.4 is 10.2 Å². The molecule has 1 amide bonds. The van der Waals surface area contributed by atoms with Crippen molar-refractivity contribution in [2.45, 2.75) is 38.8 Å². The Morgan fingerprint density at radius 3 is 2.76 bits per heavy atom. The Morgan fingerprint density at radius 2 is 2.14 bits per heavy atom. The van der Waals surface area contributed by atoms with Crippen molar-refractivity contribution in [2.24, 2.45) is 17.8 Å². The molecule has 3 rings (SSSR count). The molecule has 2 N–H and O–H groups in total. The topological polar surface area (TPSA) is 88.4 Å². The zero-order valence-corrected chi connectivity index (χ0v) is 12.6. The second-order valence-electron chi connectivity index (χ2n) is 6.02. The Hall–Kier alpha value is -1.63. The smallest absolute Gasteiger partial charge is 0.308 e. The number of carbonyl (C=O) groups is 2. The van der Waals surface area contributed by atoms with E-state index in [4.69, 9.17) is 0 Å². The largest absolute Gasteiger partial charge is 0.481 e. The van der Waals surface area contributed by atoms with Gasteiger partial charge in [0.15, 0.2) is 0 Å². The molecule has 2 fully saturated rings. The lowest BCUT2D eigenvalue weighted by Crippen LogP contribution is -2.48. The SMILES string of the molecule is Cc1csc(=O)n1CC(=O)NC1C2CCC(C2)C1C(=O)O. The van der Waals surface area contributed by atoms with Gasteiger partial charge in [0.1, 0.15) is 6.54 Å². The maximum atomic E-state index is 12.2. The number of aryl methyl sites for hydroxylation is 1. The summed E-state index contributed by atoms with van der Waals surface area (Å²) in [5.74, 6) is -1.13. The van der Waals surface area contributed by atoms with Crippen molar-refractivity contribution in [2.75, 3.05) is 0 Å². The van der Waals surface area contributed by atoms with Crippen LogP contribution in [0.15, 0.2) is 10.2 Å². The maximum Gasteiger partial charge on any atom is 0.308 e. The molecule has 1 aromatic heterocycles. The third-order valence-electron chi connectivity index (χ3n) is 4.81. The molecule has 2 saturated carbocycles. The number of aliphatic carboxylic acids is 1. The predicted octanol–water partition coefficient (Wildman–Crippen LogP) is 0.834. The fourth-order valence-corrected chi connectivity index (χ4v) is 4.56. The summed E-state index contributed by atoms with van der Waals surface area (Å²) >= 11 is 1.07. The highest BCUT2D eigenvalue weighted by Gasteiger charge is 2.51. The van der Waals surface area contributed by atoms with E-state index in [0.29, 0.717) is 0 Å². The summed E-state index contributed by atoms with van der Waals surface area (Å²) in [4.78, 5) is 35.0. The molecule has 0 aromatic carbocycles. The Morgan fingerprint density at radius 1 is 1.43 bits per heavy atom. The van der Waals surface area contributed by atoms with Crippen molar-refractivity contribution < 1.29 is 14.7 Å². The molecule has 0 spiro atoms. The number of amides is 1. The number of fused-ring (bicyclic) bond motifs is 2. The second-order valence-corrected chi connectivity index (χ2v) is 6.84. The minimum atomic E-state index is -0.823. The number of carbonyl (C=O) groups excluding carboxylic acids is 1. The van der Waals surface area contributed by atoms with E-state index in [1.54, 1.807) is 12.3 Å². The van der Waals surface area contributed by atoms with Gasteiger partial charge in [0.05, 0.1) is 5.92 Å². The number of nitrogens with zero attached hydrogens (tertiary/aromatic N) is 1. The van der Waals surface area contributed by atoms with Gasteiger partial charge in [0.25, 0.3) is 0 Å². The van der Waals surface area contributed by atoms with E-state index in [-0.39, 0.29) is 35.2 Å². The van der Waals surface area contributed by atoms with Gasteiger partial charge in [-0.05, 0) is 38.0 Å². The van der Waals surface area contributed by atoms with Crippen LogP contribution >= 0.6 is 11.3 Å². The van der Waals surface area contributed by atoms with E-state index in [1.807, 2.05) is 0 Å². The highest BCUT2D eigenvalue weighted by Crippen LogP contribution is 2.48. The van der Waals surface area contributed by atoms with E-state index >= 15 is 0 Å². The molecule has 21 heavy (non-hydrogen) atoms. The summed E-state index contributed by atoms with van der Waals surface area (Å²) in [5.41, 5.74) is 0.753. The van der Waals surface area contributed by atoms with Crippen LogP contribution in [0.3, 0.4) is 0 Å². The van der Waals surface area contributed by atoms with Crippen LogP contribution in [0, 0.1) is 24.7 Å². The monoisotopic (exact) mass is 310 g/mol. The lowest BCUT2D eigenvalue weighted by molar-refractivity contribution is -0.144. The molecule has 2 aliphatic rings. The number of hydrogen-bond acceptors (Lipinski definition) is 4. The highest BCUT2D eigenvalue weighted by molar-refractivity contribution is 7.07. The summed E-state index contributed by atoms with van der Waals surface area (Å²) in [5, 5.41) is 13.9. The molecule has 0 aliphatic heterocycles. The molecule has 1 aromatic rings. The maximum absolute atomic E-state index is 12.2. The highest BCUT2D eigenvalue weighted by atomic mass is 32.1. The second kappa shape index (κ2) is 5.29. The van der Waals surface area contributed by atoms with Crippen molar-refractivity contribution in [1.82, 2.24) is 9.88 Å². The lowest BCUT2D eigenvalue weighted by Gasteiger charge is -2.28. The van der Waals surface area contributed by atoms with Gasteiger partial charge in [-0.15, -0.1) is 0 Å². The fourth-order valence-electron chi connectivity index (χ4n) is 3.83. The summed E-state index contributed by atoms with van der Waals surface area (Å²) in [7, 11) is 0. The first-order valence-corrected chi connectivity index (χ1v) is 8.02. The zero-order chi connectivity index (χ0) is 15.1. The lowest BCUT2D eigenvalue weighted by atomic mass is 9.84. The van der Waals surface area contributed by atoms with E-state index < -0.39 is 11.9 Å². The van der Waals surface area contributed by atoms with Gasteiger partial charge in [-0.2, -0.15) is 0 Å². The number of carboxylic acids is 1. The van der Waals surface area contributed by atoms with Crippen molar-refractivity contribution in [3.05, 3.63) is 20.7 Å². The number of carboxylic acid groups (broad SMARTS) is 1. The van der Waals surface area contributed by atoms with Crippen LogP contribution in [0.1, 0.15) is 25.0 Å². The van der Waals surface area contributed by atoms with Crippen LogP contribution in [-0.2, 0) is 16.1 Å². The first-order valence-electron chi connectivity index (χ1n) is 7.14. The average molecular weight is 310 g/mol. The predicted molar refractivity (Wildman–Crippen MR) is 77.2 cm³/mol. The van der Waals surface area contributed by atoms with Crippen molar-refractivity contribution in [3.63, 3.8) is 0 Å². The molecule has 114 valence electrons. The summed E-state index contributed by atoms with van der Waals surface area (Å²) in [6, 6.07) is -0.289. The molecule has 4 unspecified atom stereocenters. The Labute approximate surface area is 125 Å². The third-order valence-corrected chi connectivity index (χ3v) is 5.69. The van der Waals surface area contributed by atoms with Crippen molar-refractivity contribution in [3.8, 4) is 0 Å². The third kappa shape index (κ3) is 2.50. The number of hydrogen-bond donors (Lipinski definition) is 2. The van der Waals surface area contributed by atoms with Crippen LogP contribution in [0.2, 0.25) is 0 Å². The van der Waals surface area contributed by atoms with Gasteiger partial charge in [0, 0.05) is 17.1 Å². The number of aromatic nitrogens is 1. The van der Waals surface area contributed by atoms with Crippen LogP contribution in [0.5, 0.6) is 0 Å². The summed E-state index contributed by atoms with van der Waals surface area (Å²) in [6.45, 7) is 1.75. The molecule has 1 heterocycles. The molecule has 4 atom stereocenters. The van der Waals surface area contributed by atoms with Gasteiger partial charge in [0.2, 0.25) is 5.91 Å². The van der Waals surface area contributed by atoms with E-state index in [2.05, 4.69) is 5.32 Å². The Bertz CT molecular complexity index is 635. The van der Waals surface area contributed by atoms with Gasteiger partial charge in [-0.1, -0.05) is 11.3 Å². The fraction of sp³-hybridized carbons (Fsp3) is 0.643. The quantitative estimate of drug-likeness (QED) is 0.862. The minimum absolute atomic E-state index is 0.0333. The van der Waals surface area contributed by atoms with Crippen LogP contribution in [0.4, 0.5) is 0 Å². The van der Waals surface area contributed by atoms with Crippen molar-refractivity contribution in [1.29, 1.82) is 0 Å².